The summed E-state index contributed by atoms with van der Waals surface area (Å²) >= 11 is 0. The summed E-state index contributed by atoms with van der Waals surface area (Å²) in [5, 5.41) is 0. The van der Waals surface area contributed by atoms with Crippen LogP contribution in [0.15, 0.2) is 30.3 Å². The Kier molecular flexibility index (Phi) is 5.63. The Labute approximate surface area is 148 Å². The Morgan fingerprint density at radius 2 is 1.75 bits per heavy atom. The van der Waals surface area contributed by atoms with E-state index in [-0.39, 0.29) is 5.60 Å². The Morgan fingerprint density at radius 1 is 1.04 bits per heavy atom. The van der Waals surface area contributed by atoms with Gasteiger partial charge in [-0.15, -0.1) is 0 Å². The molecule has 3 nitrogen and oxygen atoms in total. The van der Waals surface area contributed by atoms with Crippen LogP contribution in [0.3, 0.4) is 0 Å². The zero-order valence-electron chi connectivity index (χ0n) is 15.8. The minimum atomic E-state index is 0.0265. The van der Waals surface area contributed by atoms with E-state index < -0.39 is 0 Å². The molecule has 0 amide bonds. The second-order valence-electron chi connectivity index (χ2n) is 8.18. The number of benzene rings is 1. The predicted molar refractivity (Wildman–Crippen MR) is 100 cm³/mol. The van der Waals surface area contributed by atoms with E-state index in [1.54, 1.807) is 0 Å². The number of ether oxygens (including phenoxy) is 1. The van der Waals surface area contributed by atoms with E-state index >= 15 is 0 Å². The third kappa shape index (κ3) is 4.19. The van der Waals surface area contributed by atoms with Gasteiger partial charge in [0.2, 0.25) is 0 Å². The normalized spacial score (nSPS) is 28.8. The number of piperazine rings is 1. The van der Waals surface area contributed by atoms with E-state index in [0.29, 0.717) is 5.54 Å². The summed E-state index contributed by atoms with van der Waals surface area (Å²) in [7, 11) is 0. The maximum Gasteiger partial charge on any atom is 0.0644 e. The van der Waals surface area contributed by atoms with Crippen molar-refractivity contribution < 1.29 is 4.74 Å². The van der Waals surface area contributed by atoms with Gasteiger partial charge in [-0.3, -0.25) is 4.90 Å². The average molecular weight is 331 g/mol. The fourth-order valence-corrected chi connectivity index (χ4v) is 4.62. The zero-order valence-corrected chi connectivity index (χ0v) is 15.8. The van der Waals surface area contributed by atoms with Gasteiger partial charge in [-0.2, -0.15) is 0 Å². The molecule has 0 N–H and O–H groups in total. The first-order chi connectivity index (χ1) is 11.5. The molecule has 0 unspecified atom stereocenters. The highest BCUT2D eigenvalue weighted by Crippen LogP contribution is 2.39. The molecule has 0 saturated carbocycles. The maximum absolute atomic E-state index is 5.98. The molecule has 2 aliphatic rings. The fourth-order valence-electron chi connectivity index (χ4n) is 4.62. The van der Waals surface area contributed by atoms with Crippen molar-refractivity contribution in [3.63, 3.8) is 0 Å². The smallest absolute Gasteiger partial charge is 0.0644 e. The van der Waals surface area contributed by atoms with Crippen LogP contribution in [0, 0.1) is 0 Å². The lowest BCUT2D eigenvalue weighted by molar-refractivity contribution is -0.128. The van der Waals surface area contributed by atoms with Gasteiger partial charge < -0.3 is 9.64 Å². The summed E-state index contributed by atoms with van der Waals surface area (Å²) < 4.78 is 5.98. The lowest BCUT2D eigenvalue weighted by Crippen LogP contribution is -2.61. The second-order valence-corrected chi connectivity index (χ2v) is 8.18. The van der Waals surface area contributed by atoms with Crippen LogP contribution >= 0.6 is 0 Å². The summed E-state index contributed by atoms with van der Waals surface area (Å²) in [6, 6.07) is 10.9. The van der Waals surface area contributed by atoms with Crippen molar-refractivity contribution in [1.29, 1.82) is 0 Å². The largest absolute Gasteiger partial charge is 0.375 e. The molecule has 1 atom stereocenters. The van der Waals surface area contributed by atoms with Gasteiger partial charge in [0.05, 0.1) is 5.60 Å². The maximum atomic E-state index is 5.98. The molecule has 2 aliphatic heterocycles. The van der Waals surface area contributed by atoms with Crippen LogP contribution in [0.2, 0.25) is 0 Å². The number of hydrogen-bond acceptors (Lipinski definition) is 3. The van der Waals surface area contributed by atoms with Crippen LogP contribution in [0.5, 0.6) is 0 Å². The summed E-state index contributed by atoms with van der Waals surface area (Å²) in [5.74, 6) is 0. The van der Waals surface area contributed by atoms with E-state index in [1.807, 2.05) is 0 Å². The third-order valence-corrected chi connectivity index (χ3v) is 6.08. The molecule has 0 radical (unpaired) electrons. The highest BCUT2D eigenvalue weighted by Gasteiger charge is 2.44. The van der Waals surface area contributed by atoms with Crippen LogP contribution in [0.1, 0.15) is 45.6 Å². The molecule has 134 valence electrons. The number of rotatable bonds is 5. The van der Waals surface area contributed by atoms with Crippen LogP contribution in [-0.2, 0) is 11.2 Å². The van der Waals surface area contributed by atoms with Gasteiger partial charge in [0.1, 0.15) is 0 Å². The monoisotopic (exact) mass is 330 g/mol. The highest BCUT2D eigenvalue weighted by atomic mass is 16.5. The molecule has 0 bridgehead atoms. The molecule has 24 heavy (non-hydrogen) atoms. The molecule has 3 rings (SSSR count). The molecule has 1 aromatic carbocycles. The Hall–Kier alpha value is -0.900. The highest BCUT2D eigenvalue weighted by molar-refractivity contribution is 5.14. The Morgan fingerprint density at radius 3 is 2.38 bits per heavy atom. The van der Waals surface area contributed by atoms with Crippen molar-refractivity contribution in [3.05, 3.63) is 35.9 Å². The average Bonchev–Trinajstić information content (AvgIpc) is 2.60. The van der Waals surface area contributed by atoms with Crippen LogP contribution in [-0.4, -0.2) is 60.3 Å². The molecule has 1 aromatic rings. The summed E-state index contributed by atoms with van der Waals surface area (Å²) in [5.41, 5.74) is 1.84. The fraction of sp³-hybridized carbons (Fsp3) is 0.714. The second kappa shape index (κ2) is 7.55. The quantitative estimate of drug-likeness (QED) is 0.821. The van der Waals surface area contributed by atoms with Gasteiger partial charge in [-0.25, -0.2) is 0 Å². The van der Waals surface area contributed by atoms with Gasteiger partial charge in [0, 0.05) is 44.9 Å². The third-order valence-electron chi connectivity index (χ3n) is 6.08. The SMILES string of the molecule is CC[C@]1(N2CCN(CCc3ccccc3)CC2)CCOC(C)(C)C1. The molecule has 2 fully saturated rings. The van der Waals surface area contributed by atoms with E-state index in [1.165, 1.54) is 64.0 Å². The minimum absolute atomic E-state index is 0.0265. The molecular formula is C21H34N2O. The van der Waals surface area contributed by atoms with Crippen molar-refractivity contribution >= 4 is 0 Å². The van der Waals surface area contributed by atoms with Crippen molar-refractivity contribution in [1.82, 2.24) is 9.80 Å². The lowest BCUT2D eigenvalue weighted by atomic mass is 9.77. The summed E-state index contributed by atoms with van der Waals surface area (Å²) in [4.78, 5) is 5.41. The molecule has 0 spiro atoms. The van der Waals surface area contributed by atoms with Crippen molar-refractivity contribution in [2.75, 3.05) is 39.3 Å². The Balaban J connectivity index is 1.52. The van der Waals surface area contributed by atoms with Gasteiger partial charge >= 0.3 is 0 Å². The lowest BCUT2D eigenvalue weighted by Gasteiger charge is -2.53. The van der Waals surface area contributed by atoms with E-state index in [9.17, 15) is 0 Å². The van der Waals surface area contributed by atoms with E-state index in [0.717, 1.165) is 6.61 Å². The van der Waals surface area contributed by atoms with Crippen molar-refractivity contribution in [2.24, 2.45) is 0 Å². The molecular weight excluding hydrogens is 296 g/mol. The summed E-state index contributed by atoms with van der Waals surface area (Å²) in [6.07, 6.45) is 4.77. The van der Waals surface area contributed by atoms with E-state index in [4.69, 9.17) is 4.74 Å². The molecule has 0 aromatic heterocycles. The molecule has 3 heteroatoms. The summed E-state index contributed by atoms with van der Waals surface area (Å²) in [6.45, 7) is 13.8. The first-order valence-corrected chi connectivity index (χ1v) is 9.68. The van der Waals surface area contributed by atoms with Gasteiger partial charge in [0.25, 0.3) is 0 Å². The first-order valence-electron chi connectivity index (χ1n) is 9.68. The molecule has 2 heterocycles. The zero-order chi connectivity index (χ0) is 17.0. The van der Waals surface area contributed by atoms with Crippen LogP contribution in [0.4, 0.5) is 0 Å². The number of hydrogen-bond donors (Lipinski definition) is 0. The molecule has 2 saturated heterocycles. The predicted octanol–water partition coefficient (Wildman–Crippen LogP) is 3.58. The van der Waals surface area contributed by atoms with Crippen LogP contribution in [0.25, 0.3) is 0 Å². The standard InChI is InChI=1S/C21H34N2O/c1-4-21(11-17-24-20(2,3)18-21)23-15-13-22(14-16-23)12-10-19-8-6-5-7-9-19/h5-9H,4,10-18H2,1-3H3/t21-/m0/s1. The molecule has 0 aliphatic carbocycles. The van der Waals surface area contributed by atoms with Gasteiger partial charge in [-0.05, 0) is 45.1 Å². The Bertz CT molecular complexity index is 508. The van der Waals surface area contributed by atoms with E-state index in [2.05, 4.69) is 60.9 Å². The van der Waals surface area contributed by atoms with Gasteiger partial charge in [-0.1, -0.05) is 37.3 Å². The van der Waals surface area contributed by atoms with Gasteiger partial charge in [0.15, 0.2) is 0 Å². The van der Waals surface area contributed by atoms with Crippen molar-refractivity contribution in [2.45, 2.75) is 57.6 Å². The van der Waals surface area contributed by atoms with Crippen molar-refractivity contribution in [3.8, 4) is 0 Å². The number of nitrogens with zero attached hydrogens (tertiary/aromatic N) is 2. The minimum Gasteiger partial charge on any atom is -0.375 e. The van der Waals surface area contributed by atoms with Crippen LogP contribution < -0.4 is 0 Å². The topological polar surface area (TPSA) is 15.7 Å². The first kappa shape index (κ1) is 17.9.